The number of nitrogens with zero attached hydrogens (tertiary/aromatic N) is 1. The van der Waals surface area contributed by atoms with Crippen molar-refractivity contribution in [2.75, 3.05) is 18.4 Å². The summed E-state index contributed by atoms with van der Waals surface area (Å²) >= 11 is 0. The second kappa shape index (κ2) is 8.40. The van der Waals surface area contributed by atoms with Gasteiger partial charge in [-0.25, -0.2) is 8.42 Å². The summed E-state index contributed by atoms with van der Waals surface area (Å²) in [4.78, 5) is 24.7. The summed E-state index contributed by atoms with van der Waals surface area (Å²) in [6, 6.07) is 12.6. The third kappa shape index (κ3) is 4.13. The minimum Gasteiger partial charge on any atom is -0.449 e. The lowest BCUT2D eigenvalue weighted by Gasteiger charge is -2.34. The van der Waals surface area contributed by atoms with Gasteiger partial charge in [-0.1, -0.05) is 26.0 Å². The molecule has 1 aliphatic rings. The van der Waals surface area contributed by atoms with Crippen LogP contribution in [0.5, 0.6) is 0 Å². The van der Waals surface area contributed by atoms with Gasteiger partial charge in [-0.15, -0.1) is 0 Å². The molecule has 1 aromatic heterocycles. The molecule has 2 aromatic carbocycles. The highest BCUT2D eigenvalue weighted by atomic mass is 32.2. The van der Waals surface area contributed by atoms with Gasteiger partial charge in [-0.2, -0.15) is 4.31 Å². The Bertz CT molecular complexity index is 1270. The molecule has 0 aliphatic carbocycles. The van der Waals surface area contributed by atoms with Crippen molar-refractivity contribution >= 4 is 38.5 Å². The van der Waals surface area contributed by atoms with Crippen LogP contribution in [0.25, 0.3) is 11.0 Å². The molecule has 32 heavy (non-hydrogen) atoms. The number of benzene rings is 2. The smallest absolute Gasteiger partial charge is 0.286 e. The maximum Gasteiger partial charge on any atom is 0.286 e. The molecule has 0 bridgehead atoms. The number of para-hydroxylation sites is 1. The molecule has 3 N–H and O–H groups in total. The molecule has 1 fully saturated rings. The molecule has 168 valence electrons. The number of hydrogen-bond acceptors (Lipinski definition) is 5. The van der Waals surface area contributed by atoms with Crippen molar-refractivity contribution < 1.29 is 22.4 Å². The van der Waals surface area contributed by atoms with Gasteiger partial charge in [0.25, 0.3) is 11.8 Å². The molecule has 1 aliphatic heterocycles. The van der Waals surface area contributed by atoms with Crippen molar-refractivity contribution in [2.45, 2.75) is 25.2 Å². The predicted molar refractivity (Wildman–Crippen MR) is 121 cm³/mol. The van der Waals surface area contributed by atoms with E-state index < -0.39 is 21.8 Å². The summed E-state index contributed by atoms with van der Waals surface area (Å²) in [5, 5.41) is 3.21. The minimum absolute atomic E-state index is 0.141. The van der Waals surface area contributed by atoms with E-state index in [9.17, 15) is 18.0 Å². The molecule has 2 heterocycles. The molecule has 2 amide bonds. The fraction of sp³-hybridized carbons (Fsp3) is 0.304. The van der Waals surface area contributed by atoms with Crippen LogP contribution in [0.1, 0.15) is 41.2 Å². The average molecular weight is 456 g/mol. The number of primary amides is 1. The fourth-order valence-corrected chi connectivity index (χ4v) is 5.94. The maximum absolute atomic E-state index is 13.0. The summed E-state index contributed by atoms with van der Waals surface area (Å²) in [5.41, 5.74) is 6.24. The number of hydrogen-bond donors (Lipinski definition) is 2. The third-order valence-corrected chi connectivity index (χ3v) is 7.49. The van der Waals surface area contributed by atoms with E-state index in [4.69, 9.17) is 10.2 Å². The first-order valence-corrected chi connectivity index (χ1v) is 11.8. The Hall–Kier alpha value is -3.17. The second-order valence-corrected chi connectivity index (χ2v) is 10.4. The number of sulfonamides is 1. The van der Waals surface area contributed by atoms with Gasteiger partial charge in [0.2, 0.25) is 15.8 Å². The van der Waals surface area contributed by atoms with Crippen LogP contribution in [-0.2, 0) is 10.0 Å². The van der Waals surface area contributed by atoms with Gasteiger partial charge in [0.15, 0.2) is 0 Å². The quantitative estimate of drug-likeness (QED) is 0.610. The van der Waals surface area contributed by atoms with Gasteiger partial charge in [0.05, 0.1) is 4.90 Å². The number of amides is 2. The molecule has 2 unspecified atom stereocenters. The summed E-state index contributed by atoms with van der Waals surface area (Å²) in [6.45, 7) is 5.06. The number of nitrogens with one attached hydrogen (secondary N) is 1. The number of anilines is 1. The van der Waals surface area contributed by atoms with Crippen molar-refractivity contribution in [3.8, 4) is 0 Å². The topological polar surface area (TPSA) is 123 Å². The predicted octanol–water partition coefficient (Wildman–Crippen LogP) is 3.45. The Balaban J connectivity index is 1.58. The molecule has 4 rings (SSSR count). The molecule has 0 radical (unpaired) electrons. The van der Waals surface area contributed by atoms with Crippen molar-refractivity contribution in [3.63, 3.8) is 0 Å². The van der Waals surface area contributed by atoms with Gasteiger partial charge in [0.1, 0.15) is 11.3 Å². The number of piperidine rings is 1. The monoisotopic (exact) mass is 455 g/mol. The molecular formula is C23H25N3O5S. The van der Waals surface area contributed by atoms with Gasteiger partial charge >= 0.3 is 0 Å². The number of carbonyl (C=O) groups excluding carboxylic acids is 2. The molecule has 0 saturated carbocycles. The zero-order chi connectivity index (χ0) is 23.0. The standard InChI is InChI=1S/C23H25N3O5S/c1-14-11-15(2)13-26(12-14)32(29,30)17-9-7-16(8-10-17)23(28)25-20-18-5-3-4-6-19(18)31-21(20)22(24)27/h3-10,14-15H,11-13H2,1-2H3,(H2,24,27)(H,25,28). The van der Waals surface area contributed by atoms with Crippen molar-refractivity contribution in [2.24, 2.45) is 17.6 Å². The van der Waals surface area contributed by atoms with Crippen molar-refractivity contribution in [3.05, 3.63) is 59.9 Å². The highest BCUT2D eigenvalue weighted by Crippen LogP contribution is 2.31. The van der Waals surface area contributed by atoms with Crippen molar-refractivity contribution in [1.82, 2.24) is 4.31 Å². The lowest BCUT2D eigenvalue weighted by molar-refractivity contribution is 0.0977. The van der Waals surface area contributed by atoms with E-state index in [1.807, 2.05) is 13.8 Å². The zero-order valence-electron chi connectivity index (χ0n) is 17.9. The van der Waals surface area contributed by atoms with Crippen LogP contribution in [0.4, 0.5) is 5.69 Å². The van der Waals surface area contributed by atoms with Gasteiger partial charge in [-0.3, -0.25) is 9.59 Å². The Morgan fingerprint density at radius 1 is 1.03 bits per heavy atom. The number of fused-ring (bicyclic) bond motifs is 1. The summed E-state index contributed by atoms with van der Waals surface area (Å²) < 4.78 is 33.1. The van der Waals surface area contributed by atoms with Gasteiger partial charge < -0.3 is 15.5 Å². The fourth-order valence-electron chi connectivity index (χ4n) is 4.26. The molecule has 0 spiro atoms. The van der Waals surface area contributed by atoms with E-state index in [0.717, 1.165) is 6.42 Å². The Morgan fingerprint density at radius 3 is 2.28 bits per heavy atom. The van der Waals surface area contributed by atoms with Crippen LogP contribution in [-0.4, -0.2) is 37.6 Å². The zero-order valence-corrected chi connectivity index (χ0v) is 18.7. The average Bonchev–Trinajstić information content (AvgIpc) is 3.12. The van der Waals surface area contributed by atoms with Crippen LogP contribution < -0.4 is 11.1 Å². The highest BCUT2D eigenvalue weighted by Gasteiger charge is 2.31. The first-order chi connectivity index (χ1) is 15.2. The van der Waals surface area contributed by atoms with Gasteiger partial charge in [-0.05, 0) is 54.7 Å². The van der Waals surface area contributed by atoms with E-state index in [2.05, 4.69) is 5.32 Å². The Morgan fingerprint density at radius 2 is 1.66 bits per heavy atom. The molecule has 3 aromatic rings. The first kappa shape index (κ1) is 22.0. The molecule has 9 heteroatoms. The summed E-state index contributed by atoms with van der Waals surface area (Å²) in [7, 11) is -3.64. The number of furan rings is 1. The summed E-state index contributed by atoms with van der Waals surface area (Å²) in [6.07, 6.45) is 1.00. The van der Waals surface area contributed by atoms with E-state index >= 15 is 0 Å². The van der Waals surface area contributed by atoms with Gasteiger partial charge in [0, 0.05) is 24.0 Å². The number of rotatable bonds is 5. The molecule has 1 saturated heterocycles. The lowest BCUT2D eigenvalue weighted by Crippen LogP contribution is -2.42. The molecule has 2 atom stereocenters. The van der Waals surface area contributed by atoms with Crippen LogP contribution in [0, 0.1) is 11.8 Å². The van der Waals surface area contributed by atoms with E-state index in [0.29, 0.717) is 35.9 Å². The minimum atomic E-state index is -3.64. The van der Waals surface area contributed by atoms with Crippen LogP contribution >= 0.6 is 0 Å². The largest absolute Gasteiger partial charge is 0.449 e. The first-order valence-electron chi connectivity index (χ1n) is 10.4. The second-order valence-electron chi connectivity index (χ2n) is 8.41. The maximum atomic E-state index is 13.0. The van der Waals surface area contributed by atoms with Crippen LogP contribution in [0.15, 0.2) is 57.8 Å². The molecular weight excluding hydrogens is 430 g/mol. The number of carbonyl (C=O) groups is 2. The molecule has 8 nitrogen and oxygen atoms in total. The lowest BCUT2D eigenvalue weighted by atomic mass is 9.94. The van der Waals surface area contributed by atoms with Crippen molar-refractivity contribution in [1.29, 1.82) is 0 Å². The van der Waals surface area contributed by atoms with Crippen LogP contribution in [0.2, 0.25) is 0 Å². The van der Waals surface area contributed by atoms with E-state index in [-0.39, 0.29) is 21.9 Å². The van der Waals surface area contributed by atoms with Crippen LogP contribution in [0.3, 0.4) is 0 Å². The highest BCUT2D eigenvalue weighted by molar-refractivity contribution is 7.89. The van der Waals surface area contributed by atoms with E-state index in [1.165, 1.54) is 28.6 Å². The SMILES string of the molecule is CC1CC(C)CN(S(=O)(=O)c2ccc(C(=O)Nc3c(C(N)=O)oc4ccccc34)cc2)C1. The number of nitrogens with two attached hydrogens (primary N) is 1. The van der Waals surface area contributed by atoms with E-state index in [1.54, 1.807) is 24.3 Å². The Labute approximate surface area is 186 Å². The third-order valence-electron chi connectivity index (χ3n) is 5.65. The summed E-state index contributed by atoms with van der Waals surface area (Å²) in [5.74, 6) is -0.871. The normalized spacial score (nSPS) is 19.7. The Kier molecular flexibility index (Phi) is 5.79.